The highest BCUT2D eigenvalue weighted by atomic mass is 16.1. The first-order chi connectivity index (χ1) is 6.27. The Bertz CT molecular complexity index is 347. The van der Waals surface area contributed by atoms with Crippen LogP contribution in [0.1, 0.15) is 34.6 Å². The Morgan fingerprint density at radius 3 is 2.85 bits per heavy atom. The Hall–Kier alpha value is -1.38. The summed E-state index contributed by atoms with van der Waals surface area (Å²) in [5.41, 5.74) is 7.87. The molecular weight excluding hydrogens is 164 g/mol. The van der Waals surface area contributed by atoms with Gasteiger partial charge in [0.2, 0.25) is 0 Å². The molecular formula is C10H12N2O. The van der Waals surface area contributed by atoms with Crippen molar-refractivity contribution in [3.8, 4) is 0 Å². The summed E-state index contributed by atoms with van der Waals surface area (Å²) < 4.78 is 0. The number of fused-ring (bicyclic) bond motifs is 1. The minimum absolute atomic E-state index is 0.389. The van der Waals surface area contributed by atoms with Crippen LogP contribution in [-0.2, 0) is 12.8 Å². The van der Waals surface area contributed by atoms with Crippen LogP contribution in [0, 0.1) is 0 Å². The van der Waals surface area contributed by atoms with Gasteiger partial charge in [0.05, 0.1) is 0 Å². The number of amides is 1. The summed E-state index contributed by atoms with van der Waals surface area (Å²) in [4.78, 5) is 15.1. The molecule has 0 saturated carbocycles. The number of primary amides is 1. The van der Waals surface area contributed by atoms with E-state index in [2.05, 4.69) is 4.98 Å². The number of hydrogen-bond donors (Lipinski definition) is 1. The molecule has 0 bridgehead atoms. The molecule has 0 spiro atoms. The maximum atomic E-state index is 10.8. The van der Waals surface area contributed by atoms with Crippen LogP contribution in [0.5, 0.6) is 0 Å². The highest BCUT2D eigenvalue weighted by molar-refractivity contribution is 5.90. The second-order valence-electron chi connectivity index (χ2n) is 3.37. The highest BCUT2D eigenvalue weighted by Crippen LogP contribution is 2.19. The molecule has 0 radical (unpaired) electrons. The molecule has 0 saturated heterocycles. The molecule has 0 atom stereocenters. The molecule has 1 aromatic rings. The second kappa shape index (κ2) is 3.17. The predicted molar refractivity (Wildman–Crippen MR) is 49.4 cm³/mol. The molecule has 2 N–H and O–H groups in total. The van der Waals surface area contributed by atoms with Gasteiger partial charge in [0.15, 0.2) is 0 Å². The average molecular weight is 176 g/mol. The Kier molecular flexibility index (Phi) is 2.00. The summed E-state index contributed by atoms with van der Waals surface area (Å²) in [5, 5.41) is 0. The van der Waals surface area contributed by atoms with Gasteiger partial charge in [-0.25, -0.2) is 4.98 Å². The molecule has 1 heterocycles. The van der Waals surface area contributed by atoms with Gasteiger partial charge in [-0.2, -0.15) is 0 Å². The van der Waals surface area contributed by atoms with E-state index in [4.69, 9.17) is 5.73 Å². The van der Waals surface area contributed by atoms with Gasteiger partial charge in [0.1, 0.15) is 5.69 Å². The third-order valence-electron chi connectivity index (χ3n) is 2.43. The van der Waals surface area contributed by atoms with Gasteiger partial charge in [0, 0.05) is 5.69 Å². The van der Waals surface area contributed by atoms with Gasteiger partial charge < -0.3 is 5.73 Å². The van der Waals surface area contributed by atoms with E-state index in [0.717, 1.165) is 18.5 Å². The number of rotatable bonds is 1. The zero-order chi connectivity index (χ0) is 9.26. The Balaban J connectivity index is 2.40. The molecule has 0 aliphatic heterocycles. The molecule has 13 heavy (non-hydrogen) atoms. The Labute approximate surface area is 77.0 Å². The number of aromatic nitrogens is 1. The standard InChI is InChI=1S/C10H12N2O/c11-10(13)9-6-5-7-3-1-2-4-8(7)12-9/h5-6H,1-4H2,(H2,11,13). The van der Waals surface area contributed by atoms with Crippen LogP contribution >= 0.6 is 0 Å². The lowest BCUT2D eigenvalue weighted by atomic mass is 9.96. The normalized spacial score (nSPS) is 15.1. The average Bonchev–Trinajstić information content (AvgIpc) is 2.17. The summed E-state index contributed by atoms with van der Waals surface area (Å²) in [7, 11) is 0. The topological polar surface area (TPSA) is 56.0 Å². The second-order valence-corrected chi connectivity index (χ2v) is 3.37. The van der Waals surface area contributed by atoms with Crippen molar-refractivity contribution in [3.63, 3.8) is 0 Å². The fraction of sp³-hybridized carbons (Fsp3) is 0.400. The molecule has 1 aliphatic carbocycles. The molecule has 0 fully saturated rings. The molecule has 3 heteroatoms. The maximum Gasteiger partial charge on any atom is 0.267 e. The fourth-order valence-electron chi connectivity index (χ4n) is 1.72. The van der Waals surface area contributed by atoms with Gasteiger partial charge in [-0.1, -0.05) is 6.07 Å². The lowest BCUT2D eigenvalue weighted by Crippen LogP contribution is -2.16. The third-order valence-corrected chi connectivity index (χ3v) is 2.43. The number of nitrogens with zero attached hydrogens (tertiary/aromatic N) is 1. The van der Waals surface area contributed by atoms with Crippen LogP contribution in [0.2, 0.25) is 0 Å². The molecule has 1 amide bonds. The molecule has 68 valence electrons. The highest BCUT2D eigenvalue weighted by Gasteiger charge is 2.12. The molecule has 0 aromatic carbocycles. The van der Waals surface area contributed by atoms with Crippen LogP contribution in [0.25, 0.3) is 0 Å². The van der Waals surface area contributed by atoms with E-state index in [1.807, 2.05) is 6.07 Å². The maximum absolute atomic E-state index is 10.8. The first-order valence-electron chi connectivity index (χ1n) is 4.56. The van der Waals surface area contributed by atoms with E-state index >= 15 is 0 Å². The van der Waals surface area contributed by atoms with Gasteiger partial charge >= 0.3 is 0 Å². The van der Waals surface area contributed by atoms with Gasteiger partial charge in [0.25, 0.3) is 5.91 Å². The van der Waals surface area contributed by atoms with Crippen LogP contribution in [0.15, 0.2) is 12.1 Å². The predicted octanol–water partition coefficient (Wildman–Crippen LogP) is 1.06. The quantitative estimate of drug-likeness (QED) is 0.695. The van der Waals surface area contributed by atoms with Crippen molar-refractivity contribution in [1.82, 2.24) is 4.98 Å². The molecule has 0 unspecified atom stereocenters. The summed E-state index contributed by atoms with van der Waals surface area (Å²) in [6.07, 6.45) is 4.46. The monoisotopic (exact) mass is 176 g/mol. The number of nitrogens with two attached hydrogens (primary N) is 1. The van der Waals surface area contributed by atoms with Crippen molar-refractivity contribution in [2.45, 2.75) is 25.7 Å². The van der Waals surface area contributed by atoms with Crippen LogP contribution in [0.3, 0.4) is 0 Å². The van der Waals surface area contributed by atoms with Gasteiger partial charge in [-0.05, 0) is 37.3 Å². The van der Waals surface area contributed by atoms with E-state index in [9.17, 15) is 4.79 Å². The van der Waals surface area contributed by atoms with Gasteiger partial charge in [-0.15, -0.1) is 0 Å². The zero-order valence-electron chi connectivity index (χ0n) is 7.42. The molecule has 1 aromatic heterocycles. The first kappa shape index (κ1) is 8.23. The molecule has 3 nitrogen and oxygen atoms in total. The third kappa shape index (κ3) is 1.54. The molecule has 1 aliphatic rings. The number of hydrogen-bond acceptors (Lipinski definition) is 2. The Morgan fingerprint density at radius 1 is 1.31 bits per heavy atom. The van der Waals surface area contributed by atoms with E-state index < -0.39 is 5.91 Å². The van der Waals surface area contributed by atoms with Crippen LogP contribution < -0.4 is 5.73 Å². The summed E-state index contributed by atoms with van der Waals surface area (Å²) >= 11 is 0. The van der Waals surface area contributed by atoms with E-state index in [1.165, 1.54) is 18.4 Å². The van der Waals surface area contributed by atoms with Crippen molar-refractivity contribution in [3.05, 3.63) is 29.1 Å². The summed E-state index contributed by atoms with van der Waals surface area (Å²) in [6, 6.07) is 3.69. The van der Waals surface area contributed by atoms with E-state index in [0.29, 0.717) is 5.69 Å². The lowest BCUT2D eigenvalue weighted by molar-refractivity contribution is 0.0995. The number of carbonyl (C=O) groups excluding carboxylic acids is 1. The van der Waals surface area contributed by atoms with Crippen molar-refractivity contribution in [2.24, 2.45) is 5.73 Å². The number of carbonyl (C=O) groups is 1. The number of pyridine rings is 1. The fourth-order valence-corrected chi connectivity index (χ4v) is 1.72. The zero-order valence-corrected chi connectivity index (χ0v) is 7.42. The largest absolute Gasteiger partial charge is 0.364 e. The summed E-state index contributed by atoms with van der Waals surface area (Å²) in [5.74, 6) is -0.437. The Morgan fingerprint density at radius 2 is 2.08 bits per heavy atom. The summed E-state index contributed by atoms with van der Waals surface area (Å²) in [6.45, 7) is 0. The van der Waals surface area contributed by atoms with Crippen molar-refractivity contribution < 1.29 is 4.79 Å². The SMILES string of the molecule is NC(=O)c1ccc2c(n1)CCCC2. The minimum atomic E-state index is -0.437. The van der Waals surface area contributed by atoms with Crippen molar-refractivity contribution >= 4 is 5.91 Å². The smallest absolute Gasteiger partial charge is 0.267 e. The minimum Gasteiger partial charge on any atom is -0.364 e. The van der Waals surface area contributed by atoms with E-state index in [1.54, 1.807) is 6.07 Å². The van der Waals surface area contributed by atoms with E-state index in [-0.39, 0.29) is 0 Å². The van der Waals surface area contributed by atoms with Crippen molar-refractivity contribution in [2.75, 3.05) is 0 Å². The first-order valence-corrected chi connectivity index (χ1v) is 4.56. The number of aryl methyl sites for hydroxylation is 2. The molecule has 2 rings (SSSR count). The van der Waals surface area contributed by atoms with Crippen LogP contribution in [0.4, 0.5) is 0 Å². The lowest BCUT2D eigenvalue weighted by Gasteiger charge is -2.14. The van der Waals surface area contributed by atoms with Crippen LogP contribution in [-0.4, -0.2) is 10.9 Å². The van der Waals surface area contributed by atoms with Gasteiger partial charge in [-0.3, -0.25) is 4.79 Å². The van der Waals surface area contributed by atoms with Crippen molar-refractivity contribution in [1.29, 1.82) is 0 Å².